The van der Waals surface area contributed by atoms with Crippen LogP contribution in [0, 0.1) is 11.3 Å². The molecule has 4 heterocycles. The zero-order valence-electron chi connectivity index (χ0n) is 17.1. The fraction of sp³-hybridized carbons (Fsp3) is 0.348. The molecule has 30 heavy (non-hydrogen) atoms. The van der Waals surface area contributed by atoms with Gasteiger partial charge in [-0.1, -0.05) is 11.6 Å². The van der Waals surface area contributed by atoms with E-state index in [2.05, 4.69) is 40.7 Å². The number of piperidine rings is 1. The van der Waals surface area contributed by atoms with Gasteiger partial charge in [0.1, 0.15) is 5.69 Å². The van der Waals surface area contributed by atoms with Crippen LogP contribution in [0.25, 0.3) is 33.3 Å². The molecule has 0 spiro atoms. The summed E-state index contributed by atoms with van der Waals surface area (Å²) in [4.78, 5) is 8.19. The van der Waals surface area contributed by atoms with Gasteiger partial charge in [0.15, 0.2) is 5.76 Å². The Labute approximate surface area is 174 Å². The van der Waals surface area contributed by atoms with E-state index in [4.69, 9.17) is 9.51 Å². The van der Waals surface area contributed by atoms with E-state index in [1.165, 1.54) is 12.8 Å². The highest BCUT2D eigenvalue weighted by atomic mass is 16.5. The molecule has 1 atom stereocenters. The Bertz CT molecular complexity index is 1260. The second kappa shape index (κ2) is 7.47. The minimum absolute atomic E-state index is 0.220. The second-order valence-corrected chi connectivity index (χ2v) is 8.19. The number of hydrogen-bond acceptors (Lipinski definition) is 6. The maximum absolute atomic E-state index is 9.23. The lowest BCUT2D eigenvalue weighted by molar-refractivity contribution is 0.368. The molecule has 0 radical (unpaired) electrons. The van der Waals surface area contributed by atoms with Crippen molar-refractivity contribution in [2.24, 2.45) is 0 Å². The van der Waals surface area contributed by atoms with Crippen molar-refractivity contribution in [1.82, 2.24) is 20.4 Å². The van der Waals surface area contributed by atoms with Gasteiger partial charge in [0.25, 0.3) is 0 Å². The van der Waals surface area contributed by atoms with Crippen LogP contribution in [-0.4, -0.2) is 27.7 Å². The summed E-state index contributed by atoms with van der Waals surface area (Å²) in [5.41, 5.74) is 6.03. The summed E-state index contributed by atoms with van der Waals surface area (Å²) in [5, 5.41) is 21.6. The van der Waals surface area contributed by atoms with Crippen LogP contribution in [0.15, 0.2) is 35.0 Å². The van der Waals surface area contributed by atoms with Crippen molar-refractivity contribution in [3.8, 4) is 17.4 Å². The molecule has 152 valence electrons. The minimum atomic E-state index is 0.220. The lowest BCUT2D eigenvalue weighted by Gasteiger charge is -2.20. The number of benzene rings is 1. The number of aromatic amines is 1. The maximum atomic E-state index is 9.23. The number of nitrogens with one attached hydrogen (secondary N) is 3. The molecule has 1 aliphatic rings. The molecule has 1 aromatic carbocycles. The monoisotopic (exact) mass is 400 g/mol. The van der Waals surface area contributed by atoms with Crippen LogP contribution in [0.2, 0.25) is 0 Å². The zero-order chi connectivity index (χ0) is 20.7. The predicted octanol–water partition coefficient (Wildman–Crippen LogP) is 4.88. The summed E-state index contributed by atoms with van der Waals surface area (Å²) in [6.07, 6.45) is 5.33. The van der Waals surface area contributed by atoms with Gasteiger partial charge in [-0.25, -0.2) is 0 Å². The number of pyridine rings is 1. The highest BCUT2D eigenvalue weighted by Gasteiger charge is 2.22. The number of anilines is 1. The fourth-order valence-electron chi connectivity index (χ4n) is 4.21. The Balaban J connectivity index is 1.65. The third-order valence-electron chi connectivity index (χ3n) is 5.64. The maximum Gasteiger partial charge on any atom is 0.170 e. The van der Waals surface area contributed by atoms with E-state index >= 15 is 0 Å². The molecular weight excluding hydrogens is 376 g/mol. The first-order valence-corrected chi connectivity index (χ1v) is 10.5. The number of H-pyrrole nitrogens is 1. The summed E-state index contributed by atoms with van der Waals surface area (Å²) >= 11 is 0. The van der Waals surface area contributed by atoms with Crippen molar-refractivity contribution in [2.45, 2.75) is 45.2 Å². The van der Waals surface area contributed by atoms with Crippen LogP contribution in [0.4, 0.5) is 5.69 Å². The lowest BCUT2D eigenvalue weighted by atomic mass is 10.0. The molecule has 0 bridgehead atoms. The van der Waals surface area contributed by atoms with Gasteiger partial charge in [0, 0.05) is 29.2 Å². The van der Waals surface area contributed by atoms with Crippen LogP contribution in [0.3, 0.4) is 0 Å². The van der Waals surface area contributed by atoms with Gasteiger partial charge in [0.05, 0.1) is 40.0 Å². The molecule has 3 aromatic heterocycles. The van der Waals surface area contributed by atoms with E-state index in [0.717, 1.165) is 51.8 Å². The van der Waals surface area contributed by atoms with Crippen LogP contribution in [0.5, 0.6) is 0 Å². The first-order chi connectivity index (χ1) is 14.6. The molecule has 3 N–H and O–H groups in total. The average Bonchev–Trinajstić information content (AvgIpc) is 3.39. The van der Waals surface area contributed by atoms with Crippen LogP contribution < -0.4 is 10.6 Å². The third kappa shape index (κ3) is 3.19. The molecule has 1 fully saturated rings. The zero-order valence-corrected chi connectivity index (χ0v) is 17.1. The second-order valence-electron chi connectivity index (χ2n) is 8.19. The normalized spacial score (nSPS) is 16.9. The number of nitriles is 1. The molecule has 1 unspecified atom stereocenters. The number of hydrogen-bond donors (Lipinski definition) is 3. The Morgan fingerprint density at radius 2 is 2.17 bits per heavy atom. The van der Waals surface area contributed by atoms with E-state index in [0.29, 0.717) is 11.3 Å². The molecule has 0 amide bonds. The van der Waals surface area contributed by atoms with E-state index in [-0.39, 0.29) is 12.1 Å². The van der Waals surface area contributed by atoms with Crippen molar-refractivity contribution >= 4 is 27.6 Å². The summed E-state index contributed by atoms with van der Waals surface area (Å²) in [5.74, 6) is 0.700. The van der Waals surface area contributed by atoms with Crippen molar-refractivity contribution < 1.29 is 4.52 Å². The van der Waals surface area contributed by atoms with Crippen molar-refractivity contribution in [2.75, 3.05) is 11.9 Å². The SMILES string of the molecule is CC(C)Nc1c(-c2cc(C3CCCCN3)no2)cnc2c1[nH]c1cc(C#N)ccc12. The van der Waals surface area contributed by atoms with Gasteiger partial charge in [-0.2, -0.15) is 5.26 Å². The number of aromatic nitrogens is 3. The fourth-order valence-corrected chi connectivity index (χ4v) is 4.21. The van der Waals surface area contributed by atoms with E-state index in [9.17, 15) is 5.26 Å². The van der Waals surface area contributed by atoms with E-state index in [1.807, 2.05) is 30.5 Å². The van der Waals surface area contributed by atoms with Gasteiger partial charge >= 0.3 is 0 Å². The largest absolute Gasteiger partial charge is 0.380 e. The molecule has 7 nitrogen and oxygen atoms in total. The van der Waals surface area contributed by atoms with Gasteiger partial charge in [-0.05, 0) is 51.4 Å². The third-order valence-corrected chi connectivity index (χ3v) is 5.64. The Morgan fingerprint density at radius 3 is 2.93 bits per heavy atom. The molecule has 1 aliphatic heterocycles. The average molecular weight is 400 g/mol. The highest BCUT2D eigenvalue weighted by Crippen LogP contribution is 2.38. The number of nitrogens with zero attached hydrogens (tertiary/aromatic N) is 3. The summed E-state index contributed by atoms with van der Waals surface area (Å²) in [6, 6.07) is 10.3. The van der Waals surface area contributed by atoms with Crippen LogP contribution in [-0.2, 0) is 0 Å². The lowest BCUT2D eigenvalue weighted by Crippen LogP contribution is -2.26. The quantitative estimate of drug-likeness (QED) is 0.451. The number of fused-ring (bicyclic) bond motifs is 3. The standard InChI is InChI=1S/C23H24N6O/c1-13(2)27-22-16(20-10-19(29-30-20)17-5-3-4-8-25-17)12-26-21-15-7-6-14(11-24)9-18(15)28-23(21)22/h6-7,9-10,12-13,17,25,28H,3-5,8H2,1-2H3,(H,26,27). The van der Waals surface area contributed by atoms with Crippen LogP contribution >= 0.6 is 0 Å². The van der Waals surface area contributed by atoms with Crippen molar-refractivity contribution in [3.05, 3.63) is 41.7 Å². The minimum Gasteiger partial charge on any atom is -0.380 e. The molecule has 0 aliphatic carbocycles. The molecule has 0 saturated carbocycles. The number of rotatable bonds is 4. The van der Waals surface area contributed by atoms with Crippen LogP contribution in [0.1, 0.15) is 50.4 Å². The van der Waals surface area contributed by atoms with Crippen molar-refractivity contribution in [3.63, 3.8) is 0 Å². The first kappa shape index (κ1) is 18.6. The topological polar surface area (TPSA) is 103 Å². The molecule has 7 heteroatoms. The van der Waals surface area contributed by atoms with Gasteiger partial charge in [-0.15, -0.1) is 0 Å². The summed E-state index contributed by atoms with van der Waals surface area (Å²) in [6.45, 7) is 5.22. The smallest absolute Gasteiger partial charge is 0.170 e. The summed E-state index contributed by atoms with van der Waals surface area (Å²) < 4.78 is 5.76. The van der Waals surface area contributed by atoms with Gasteiger partial charge < -0.3 is 20.1 Å². The van der Waals surface area contributed by atoms with Gasteiger partial charge in [0.2, 0.25) is 0 Å². The predicted molar refractivity (Wildman–Crippen MR) is 117 cm³/mol. The molecule has 5 rings (SSSR count). The molecule has 4 aromatic rings. The highest BCUT2D eigenvalue weighted by molar-refractivity contribution is 6.11. The summed E-state index contributed by atoms with van der Waals surface area (Å²) in [7, 11) is 0. The van der Waals surface area contributed by atoms with Gasteiger partial charge in [-0.3, -0.25) is 4.98 Å². The Morgan fingerprint density at radius 1 is 1.27 bits per heavy atom. The molecular formula is C23H24N6O. The first-order valence-electron chi connectivity index (χ1n) is 10.5. The van der Waals surface area contributed by atoms with Crippen molar-refractivity contribution in [1.29, 1.82) is 5.26 Å². The Hall–Kier alpha value is -3.37. The van der Waals surface area contributed by atoms with E-state index < -0.39 is 0 Å². The van der Waals surface area contributed by atoms with E-state index in [1.54, 1.807) is 0 Å². The molecule has 1 saturated heterocycles. The Kier molecular flexibility index (Phi) is 4.64.